The van der Waals surface area contributed by atoms with Crippen LogP contribution in [0.5, 0.6) is 0 Å². The normalized spacial score (nSPS) is 11.6. The molecular formula is C57H35N3O. The van der Waals surface area contributed by atoms with Gasteiger partial charge in [-0.15, -0.1) is 0 Å². The maximum Gasteiger partial charge on any atom is 0.164 e. The van der Waals surface area contributed by atoms with Gasteiger partial charge in [0.05, 0.1) is 0 Å². The van der Waals surface area contributed by atoms with Crippen LogP contribution in [0.15, 0.2) is 217 Å². The monoisotopic (exact) mass is 777 g/mol. The van der Waals surface area contributed by atoms with Crippen molar-refractivity contribution in [1.82, 2.24) is 15.0 Å². The highest BCUT2D eigenvalue weighted by Gasteiger charge is 2.20. The molecule has 2 aromatic heterocycles. The lowest BCUT2D eigenvalue weighted by molar-refractivity contribution is 0.670. The lowest BCUT2D eigenvalue weighted by Crippen LogP contribution is -2.00. The standard InChI is InChI=1S/C57H35N3O/c1-2-11-36(12-3-1)43-19-10-20-46(31-43)50-30-29-49(53-51-34-44-17-8-9-18-45(44)35-52(51)61-54(50)53)39-23-25-40(26-24-39)55-58-56(47-27-21-37-13-4-6-15-41(37)32-47)60-57(59-55)48-28-22-38-14-5-7-16-42(38)33-48/h1-35H. The molecule has 0 N–H and O–H groups in total. The molecule has 0 aliphatic rings. The molecule has 12 aromatic rings. The number of furan rings is 1. The van der Waals surface area contributed by atoms with E-state index >= 15 is 0 Å². The van der Waals surface area contributed by atoms with Gasteiger partial charge in [0.15, 0.2) is 17.5 Å². The Balaban J connectivity index is 1.00. The zero-order chi connectivity index (χ0) is 40.3. The molecular weight excluding hydrogens is 743 g/mol. The summed E-state index contributed by atoms with van der Waals surface area (Å²) in [5.74, 6) is 1.88. The Morgan fingerprint density at radius 1 is 0.279 bits per heavy atom. The highest BCUT2D eigenvalue weighted by molar-refractivity contribution is 6.18. The number of aromatic nitrogens is 3. The van der Waals surface area contributed by atoms with E-state index in [9.17, 15) is 0 Å². The van der Waals surface area contributed by atoms with Gasteiger partial charge in [0.25, 0.3) is 0 Å². The van der Waals surface area contributed by atoms with Gasteiger partial charge in [0.2, 0.25) is 0 Å². The maximum atomic E-state index is 6.88. The van der Waals surface area contributed by atoms with Crippen molar-refractivity contribution < 1.29 is 4.42 Å². The van der Waals surface area contributed by atoms with E-state index in [2.05, 4.69) is 212 Å². The van der Waals surface area contributed by atoms with Gasteiger partial charge in [-0.05, 0) is 96.5 Å². The molecule has 0 bridgehead atoms. The Morgan fingerprint density at radius 3 is 1.39 bits per heavy atom. The van der Waals surface area contributed by atoms with Crippen LogP contribution >= 0.6 is 0 Å². The number of hydrogen-bond donors (Lipinski definition) is 0. The third-order valence-corrected chi connectivity index (χ3v) is 11.9. The summed E-state index contributed by atoms with van der Waals surface area (Å²) in [4.78, 5) is 15.3. The van der Waals surface area contributed by atoms with Gasteiger partial charge in [-0.25, -0.2) is 15.0 Å². The van der Waals surface area contributed by atoms with Gasteiger partial charge < -0.3 is 4.42 Å². The third kappa shape index (κ3) is 6.21. The largest absolute Gasteiger partial charge is 0.455 e. The van der Waals surface area contributed by atoms with Crippen LogP contribution in [-0.4, -0.2) is 15.0 Å². The van der Waals surface area contributed by atoms with Crippen molar-refractivity contribution in [3.05, 3.63) is 212 Å². The van der Waals surface area contributed by atoms with E-state index in [1.807, 2.05) is 0 Å². The topological polar surface area (TPSA) is 51.8 Å². The van der Waals surface area contributed by atoms with Gasteiger partial charge >= 0.3 is 0 Å². The van der Waals surface area contributed by atoms with Crippen molar-refractivity contribution in [3.63, 3.8) is 0 Å². The molecule has 2 heterocycles. The van der Waals surface area contributed by atoms with Crippen molar-refractivity contribution >= 4 is 54.3 Å². The molecule has 0 aliphatic heterocycles. The number of hydrogen-bond acceptors (Lipinski definition) is 4. The Bertz CT molecular complexity index is 3550. The number of fused-ring (bicyclic) bond motifs is 6. The SMILES string of the molecule is c1ccc(-c2cccc(-c3ccc(-c4ccc(-c5nc(-c6ccc7ccccc7c6)nc(-c6ccc7ccccc7c6)n5)cc4)c4c3oc3cc5ccccc5cc34)c2)cc1. The highest BCUT2D eigenvalue weighted by atomic mass is 16.3. The average molecular weight is 778 g/mol. The predicted octanol–water partition coefficient (Wildman–Crippen LogP) is 15.2. The van der Waals surface area contributed by atoms with E-state index in [-0.39, 0.29) is 0 Å². The minimum atomic E-state index is 0.617. The summed E-state index contributed by atoms with van der Waals surface area (Å²) < 4.78 is 6.88. The van der Waals surface area contributed by atoms with Crippen molar-refractivity contribution in [3.8, 4) is 67.5 Å². The zero-order valence-corrected chi connectivity index (χ0v) is 33.0. The summed E-state index contributed by atoms with van der Waals surface area (Å²) >= 11 is 0. The Hall–Kier alpha value is -8.21. The Kier molecular flexibility index (Phi) is 8.13. The second-order valence-electron chi connectivity index (χ2n) is 15.6. The molecule has 0 unspecified atom stereocenters. The van der Waals surface area contributed by atoms with Gasteiger partial charge in [-0.2, -0.15) is 0 Å². The second-order valence-corrected chi connectivity index (χ2v) is 15.6. The van der Waals surface area contributed by atoms with Crippen LogP contribution in [-0.2, 0) is 0 Å². The van der Waals surface area contributed by atoms with Crippen LogP contribution in [0, 0.1) is 0 Å². The molecule has 0 radical (unpaired) electrons. The lowest BCUT2D eigenvalue weighted by atomic mass is 9.92. The van der Waals surface area contributed by atoms with Crippen LogP contribution in [0.4, 0.5) is 0 Å². The molecule has 0 aliphatic carbocycles. The minimum Gasteiger partial charge on any atom is -0.455 e. The Labute approximate surface area is 352 Å². The molecule has 0 atom stereocenters. The summed E-state index contributed by atoms with van der Waals surface area (Å²) in [6.07, 6.45) is 0. The summed E-state index contributed by atoms with van der Waals surface area (Å²) in [6, 6.07) is 74.7. The first kappa shape index (κ1) is 34.8. The third-order valence-electron chi connectivity index (χ3n) is 11.9. The summed E-state index contributed by atoms with van der Waals surface area (Å²) in [5, 5.41) is 9.13. The van der Waals surface area contributed by atoms with Gasteiger partial charge in [0, 0.05) is 33.0 Å². The second kappa shape index (κ2) is 14.3. The molecule has 0 fully saturated rings. The van der Waals surface area contributed by atoms with Crippen molar-refractivity contribution in [2.75, 3.05) is 0 Å². The van der Waals surface area contributed by atoms with Gasteiger partial charge in [0.1, 0.15) is 11.2 Å². The van der Waals surface area contributed by atoms with Crippen LogP contribution in [0.2, 0.25) is 0 Å². The first-order valence-electron chi connectivity index (χ1n) is 20.6. The molecule has 284 valence electrons. The highest BCUT2D eigenvalue weighted by Crippen LogP contribution is 2.44. The van der Waals surface area contributed by atoms with Crippen molar-refractivity contribution in [2.45, 2.75) is 0 Å². The quantitative estimate of drug-likeness (QED) is 0.169. The summed E-state index contributed by atoms with van der Waals surface area (Å²) in [6.45, 7) is 0. The molecule has 4 nitrogen and oxygen atoms in total. The first-order chi connectivity index (χ1) is 30.2. The van der Waals surface area contributed by atoms with E-state index in [4.69, 9.17) is 19.4 Å². The molecule has 0 amide bonds. The molecule has 12 rings (SSSR count). The van der Waals surface area contributed by atoms with Crippen molar-refractivity contribution in [1.29, 1.82) is 0 Å². The van der Waals surface area contributed by atoms with E-state index in [0.29, 0.717) is 17.5 Å². The van der Waals surface area contributed by atoms with Gasteiger partial charge in [-0.1, -0.05) is 176 Å². The molecule has 0 saturated carbocycles. The number of rotatable bonds is 6. The van der Waals surface area contributed by atoms with E-state index < -0.39 is 0 Å². The fourth-order valence-corrected chi connectivity index (χ4v) is 8.75. The van der Waals surface area contributed by atoms with Crippen LogP contribution in [0.25, 0.3) is 122 Å². The zero-order valence-electron chi connectivity index (χ0n) is 33.0. The fourth-order valence-electron chi connectivity index (χ4n) is 8.75. The molecule has 0 saturated heterocycles. The van der Waals surface area contributed by atoms with Crippen molar-refractivity contribution in [2.24, 2.45) is 0 Å². The molecule has 4 heteroatoms. The maximum absolute atomic E-state index is 6.88. The number of benzene rings is 10. The molecule has 10 aromatic carbocycles. The summed E-state index contributed by atoms with van der Waals surface area (Å²) in [7, 11) is 0. The minimum absolute atomic E-state index is 0.617. The van der Waals surface area contributed by atoms with Crippen LogP contribution in [0.3, 0.4) is 0 Å². The van der Waals surface area contributed by atoms with Crippen LogP contribution < -0.4 is 0 Å². The fraction of sp³-hybridized carbons (Fsp3) is 0. The van der Waals surface area contributed by atoms with E-state index in [1.54, 1.807) is 0 Å². The smallest absolute Gasteiger partial charge is 0.164 e. The average Bonchev–Trinajstić information content (AvgIpc) is 3.71. The van der Waals surface area contributed by atoms with Gasteiger partial charge in [-0.3, -0.25) is 0 Å². The Morgan fingerprint density at radius 2 is 0.754 bits per heavy atom. The van der Waals surface area contributed by atoms with E-state index in [1.165, 1.54) is 27.3 Å². The summed E-state index contributed by atoms with van der Waals surface area (Å²) in [5.41, 5.74) is 11.2. The lowest BCUT2D eigenvalue weighted by Gasteiger charge is -2.12. The van der Waals surface area contributed by atoms with Crippen LogP contribution in [0.1, 0.15) is 0 Å². The predicted molar refractivity (Wildman–Crippen MR) is 252 cm³/mol. The number of nitrogens with zero attached hydrogens (tertiary/aromatic N) is 3. The van der Waals surface area contributed by atoms with E-state index in [0.717, 1.165) is 77.0 Å². The molecule has 0 spiro atoms. The molecule has 61 heavy (non-hydrogen) atoms. The first-order valence-corrected chi connectivity index (χ1v) is 20.6.